The zero-order valence-corrected chi connectivity index (χ0v) is 11.1. The van der Waals surface area contributed by atoms with Crippen molar-refractivity contribution in [3.05, 3.63) is 0 Å². The van der Waals surface area contributed by atoms with Gasteiger partial charge in [-0.15, -0.1) is 0 Å². The Morgan fingerprint density at radius 3 is 2.82 bits per heavy atom. The summed E-state index contributed by atoms with van der Waals surface area (Å²) in [5, 5.41) is 3.10. The van der Waals surface area contributed by atoms with Crippen LogP contribution < -0.4 is 11.1 Å². The lowest BCUT2D eigenvalue weighted by molar-refractivity contribution is -0.126. The molecule has 4 nitrogen and oxygen atoms in total. The summed E-state index contributed by atoms with van der Waals surface area (Å²) in [5.41, 5.74) is 5.83. The van der Waals surface area contributed by atoms with Crippen LogP contribution in [-0.4, -0.2) is 31.7 Å². The lowest BCUT2D eigenvalue weighted by atomic mass is 10.1. The Hall–Kier alpha value is -0.610. The maximum absolute atomic E-state index is 12.0. The highest BCUT2D eigenvalue weighted by atomic mass is 16.5. The molecule has 0 aromatic heterocycles. The molecule has 0 aliphatic heterocycles. The number of ether oxygens (including phenoxy) is 1. The van der Waals surface area contributed by atoms with Crippen molar-refractivity contribution in [1.82, 2.24) is 5.32 Å². The fourth-order valence-electron chi connectivity index (χ4n) is 2.42. The number of unbranched alkanes of at least 4 members (excludes halogenated alkanes) is 1. The summed E-state index contributed by atoms with van der Waals surface area (Å²) >= 11 is 0. The van der Waals surface area contributed by atoms with Gasteiger partial charge in [0, 0.05) is 19.1 Å². The van der Waals surface area contributed by atoms with Crippen molar-refractivity contribution >= 4 is 5.91 Å². The van der Waals surface area contributed by atoms with Crippen LogP contribution >= 0.6 is 0 Å². The van der Waals surface area contributed by atoms with Crippen LogP contribution in [0.1, 0.15) is 45.4 Å². The van der Waals surface area contributed by atoms with Crippen molar-refractivity contribution in [2.45, 2.75) is 57.5 Å². The van der Waals surface area contributed by atoms with E-state index in [4.69, 9.17) is 10.5 Å². The predicted molar refractivity (Wildman–Crippen MR) is 68.6 cm³/mol. The standard InChI is InChI=1S/C13H26N2O2/c1-3-4-5-12(9-17-2)15-13(16)10-6-7-11(14)8-10/h10-12H,3-9,14H2,1-2H3,(H,15,16). The molecule has 0 radical (unpaired) electrons. The summed E-state index contributed by atoms with van der Waals surface area (Å²) in [5.74, 6) is 0.280. The number of hydrogen-bond donors (Lipinski definition) is 2. The van der Waals surface area contributed by atoms with Crippen LogP contribution in [-0.2, 0) is 9.53 Å². The van der Waals surface area contributed by atoms with E-state index in [9.17, 15) is 4.79 Å². The molecule has 100 valence electrons. The molecular weight excluding hydrogens is 216 g/mol. The van der Waals surface area contributed by atoms with Crippen LogP contribution in [0.4, 0.5) is 0 Å². The van der Waals surface area contributed by atoms with Crippen molar-refractivity contribution in [3.63, 3.8) is 0 Å². The third-order valence-electron chi connectivity index (χ3n) is 3.46. The lowest BCUT2D eigenvalue weighted by Gasteiger charge is -2.20. The fourth-order valence-corrected chi connectivity index (χ4v) is 2.42. The smallest absolute Gasteiger partial charge is 0.223 e. The lowest BCUT2D eigenvalue weighted by Crippen LogP contribution is -2.41. The molecule has 1 amide bonds. The predicted octanol–water partition coefficient (Wildman–Crippen LogP) is 1.44. The van der Waals surface area contributed by atoms with Gasteiger partial charge in [-0.25, -0.2) is 0 Å². The van der Waals surface area contributed by atoms with E-state index in [0.717, 1.165) is 38.5 Å². The van der Waals surface area contributed by atoms with Crippen molar-refractivity contribution in [3.8, 4) is 0 Å². The molecule has 0 saturated heterocycles. The van der Waals surface area contributed by atoms with Crippen LogP contribution in [0, 0.1) is 5.92 Å². The zero-order valence-electron chi connectivity index (χ0n) is 11.1. The largest absolute Gasteiger partial charge is 0.383 e. The summed E-state index contributed by atoms with van der Waals surface area (Å²) in [7, 11) is 1.68. The topological polar surface area (TPSA) is 64.3 Å². The minimum atomic E-state index is 0.117. The molecule has 0 bridgehead atoms. The molecule has 0 spiro atoms. The van der Waals surface area contributed by atoms with Gasteiger partial charge >= 0.3 is 0 Å². The van der Waals surface area contributed by atoms with Crippen LogP contribution in [0.2, 0.25) is 0 Å². The zero-order chi connectivity index (χ0) is 12.7. The third kappa shape index (κ3) is 5.04. The summed E-state index contributed by atoms with van der Waals surface area (Å²) < 4.78 is 5.15. The van der Waals surface area contributed by atoms with E-state index in [1.54, 1.807) is 7.11 Å². The molecule has 0 aromatic rings. The van der Waals surface area contributed by atoms with Gasteiger partial charge < -0.3 is 15.8 Å². The number of amides is 1. The quantitative estimate of drug-likeness (QED) is 0.710. The number of methoxy groups -OCH3 is 1. The highest BCUT2D eigenvalue weighted by Gasteiger charge is 2.28. The number of rotatable bonds is 7. The highest BCUT2D eigenvalue weighted by Crippen LogP contribution is 2.24. The fraction of sp³-hybridized carbons (Fsp3) is 0.923. The highest BCUT2D eigenvalue weighted by molar-refractivity contribution is 5.79. The van der Waals surface area contributed by atoms with E-state index in [-0.39, 0.29) is 23.9 Å². The van der Waals surface area contributed by atoms with Crippen molar-refractivity contribution < 1.29 is 9.53 Å². The maximum Gasteiger partial charge on any atom is 0.223 e. The first kappa shape index (κ1) is 14.5. The molecular formula is C13H26N2O2. The van der Waals surface area contributed by atoms with Gasteiger partial charge in [-0.1, -0.05) is 19.8 Å². The number of hydrogen-bond acceptors (Lipinski definition) is 3. The Labute approximate surface area is 104 Å². The van der Waals surface area contributed by atoms with E-state index >= 15 is 0 Å². The minimum absolute atomic E-state index is 0.117. The van der Waals surface area contributed by atoms with Gasteiger partial charge in [-0.3, -0.25) is 4.79 Å². The van der Waals surface area contributed by atoms with Gasteiger partial charge in [0.1, 0.15) is 0 Å². The molecule has 0 heterocycles. The van der Waals surface area contributed by atoms with Crippen molar-refractivity contribution in [2.24, 2.45) is 11.7 Å². The van der Waals surface area contributed by atoms with Crippen LogP contribution in [0.3, 0.4) is 0 Å². The number of carbonyl (C=O) groups excluding carboxylic acids is 1. The number of carbonyl (C=O) groups is 1. The molecule has 0 aromatic carbocycles. The molecule has 1 fully saturated rings. The third-order valence-corrected chi connectivity index (χ3v) is 3.46. The Bertz CT molecular complexity index is 233. The van der Waals surface area contributed by atoms with Crippen molar-refractivity contribution in [2.75, 3.05) is 13.7 Å². The van der Waals surface area contributed by atoms with Gasteiger partial charge in [0.2, 0.25) is 5.91 Å². The minimum Gasteiger partial charge on any atom is -0.383 e. The van der Waals surface area contributed by atoms with Gasteiger partial charge in [0.25, 0.3) is 0 Å². The molecule has 17 heavy (non-hydrogen) atoms. The summed E-state index contributed by atoms with van der Waals surface area (Å²) in [6.45, 7) is 2.76. The first-order valence-corrected chi connectivity index (χ1v) is 6.72. The Morgan fingerprint density at radius 1 is 1.53 bits per heavy atom. The number of nitrogens with one attached hydrogen (secondary N) is 1. The summed E-state index contributed by atoms with van der Waals surface area (Å²) in [6, 6.07) is 0.367. The SMILES string of the molecule is CCCCC(COC)NC(=O)C1CCC(N)C1. The Kier molecular flexibility index (Phi) is 6.52. The van der Waals surface area contributed by atoms with E-state index < -0.39 is 0 Å². The number of nitrogens with two attached hydrogens (primary N) is 1. The van der Waals surface area contributed by atoms with Crippen LogP contribution in [0.25, 0.3) is 0 Å². The van der Waals surface area contributed by atoms with Gasteiger partial charge in [0.15, 0.2) is 0 Å². The molecule has 4 heteroatoms. The molecule has 1 aliphatic rings. The van der Waals surface area contributed by atoms with Crippen LogP contribution in [0.15, 0.2) is 0 Å². The average molecular weight is 242 g/mol. The van der Waals surface area contributed by atoms with Crippen molar-refractivity contribution in [1.29, 1.82) is 0 Å². The monoisotopic (exact) mass is 242 g/mol. The molecule has 1 aliphatic carbocycles. The average Bonchev–Trinajstić information content (AvgIpc) is 2.73. The van der Waals surface area contributed by atoms with E-state index in [1.807, 2.05) is 0 Å². The molecule has 3 N–H and O–H groups in total. The molecule has 1 rings (SSSR count). The van der Waals surface area contributed by atoms with Gasteiger partial charge in [-0.2, -0.15) is 0 Å². The van der Waals surface area contributed by atoms with Gasteiger partial charge in [-0.05, 0) is 25.7 Å². The molecule has 1 saturated carbocycles. The molecule has 3 unspecified atom stereocenters. The van der Waals surface area contributed by atoms with E-state index in [2.05, 4.69) is 12.2 Å². The van der Waals surface area contributed by atoms with E-state index in [1.165, 1.54) is 0 Å². The maximum atomic E-state index is 12.0. The summed E-state index contributed by atoms with van der Waals surface area (Å²) in [6.07, 6.45) is 6.00. The Balaban J connectivity index is 2.34. The second-order valence-corrected chi connectivity index (χ2v) is 5.07. The second-order valence-electron chi connectivity index (χ2n) is 5.07. The van der Waals surface area contributed by atoms with E-state index in [0.29, 0.717) is 6.61 Å². The first-order chi connectivity index (χ1) is 8.17. The first-order valence-electron chi connectivity index (χ1n) is 6.72. The summed E-state index contributed by atoms with van der Waals surface area (Å²) in [4.78, 5) is 12.0. The Morgan fingerprint density at radius 2 is 2.29 bits per heavy atom. The normalized spacial score (nSPS) is 25.8. The van der Waals surface area contributed by atoms with Gasteiger partial charge in [0.05, 0.1) is 12.6 Å². The van der Waals surface area contributed by atoms with Crippen LogP contribution in [0.5, 0.6) is 0 Å². The second kappa shape index (κ2) is 7.67. The molecule has 3 atom stereocenters.